The van der Waals surface area contributed by atoms with Gasteiger partial charge in [0, 0.05) is 23.4 Å². The molecule has 3 aliphatic heterocycles. The highest BCUT2D eigenvalue weighted by atomic mass is 16.5. The largest absolute Gasteiger partial charge is 0.439 e. The Morgan fingerprint density at radius 1 is 0.927 bits per heavy atom. The summed E-state index contributed by atoms with van der Waals surface area (Å²) in [4.78, 5) is 0. The molecule has 6 aromatic rings. The van der Waals surface area contributed by atoms with Crippen LogP contribution in [0.5, 0.6) is 11.6 Å². The summed E-state index contributed by atoms with van der Waals surface area (Å²) in [7, 11) is 0. The number of benzene rings is 3. The van der Waals surface area contributed by atoms with Gasteiger partial charge in [-0.15, -0.1) is 0 Å². The molecule has 3 aliphatic rings. The number of furan rings is 1. The van der Waals surface area contributed by atoms with Crippen molar-refractivity contribution in [2.75, 3.05) is 0 Å². The van der Waals surface area contributed by atoms with E-state index < -0.39 is 0 Å². The van der Waals surface area contributed by atoms with Crippen LogP contribution in [0.1, 0.15) is 52.2 Å². The number of fused-ring (bicyclic) bond motifs is 1. The van der Waals surface area contributed by atoms with E-state index in [-0.39, 0.29) is 5.41 Å². The SMILES string of the molecule is CC/C=C\[N+]1=C(C)c2ccc3oc4c5c3c2[N+]12c1c(ccc(c15)n4-c1ccccc1)Oc1cc(C(C)(C)C)cc[n+]12. The summed E-state index contributed by atoms with van der Waals surface area (Å²) < 4.78 is 21.0. The zero-order chi connectivity index (χ0) is 27.8. The van der Waals surface area contributed by atoms with Crippen molar-refractivity contribution in [2.24, 2.45) is 0 Å². The second-order valence-corrected chi connectivity index (χ2v) is 12.4. The van der Waals surface area contributed by atoms with Crippen molar-refractivity contribution in [3.05, 3.63) is 96.3 Å². The van der Waals surface area contributed by atoms with Gasteiger partial charge >= 0.3 is 11.6 Å². The molecule has 0 bridgehead atoms. The highest BCUT2D eigenvalue weighted by molar-refractivity contribution is 6.31. The number of aromatic nitrogens is 2. The molecule has 0 fully saturated rings. The fraction of sp³-hybridized carbons (Fsp3) is 0.200. The number of para-hydroxylation sites is 1. The Morgan fingerprint density at radius 2 is 1.76 bits per heavy atom. The fourth-order valence-corrected chi connectivity index (χ4v) is 7.26. The Bertz CT molecular complexity index is 2210. The van der Waals surface area contributed by atoms with Crippen LogP contribution in [0.15, 0.2) is 89.6 Å². The minimum Gasteiger partial charge on any atom is -0.439 e. The van der Waals surface area contributed by atoms with Gasteiger partial charge < -0.3 is 9.15 Å². The summed E-state index contributed by atoms with van der Waals surface area (Å²) in [6.45, 7) is 11.2. The standard InChI is InChI=1S/C35H31N4O2/c1-6-7-18-36-21(2)24-13-15-26-30-31-29-25(38(34(31)41-26)23-11-9-8-10-12-23)14-16-27-33(29)39(36,32(24)30)37-19-17-22(35(3,4)5)20-28(37)40-27/h7-20H,6H2,1-5H3/q+3/b18-7-. The predicted molar refractivity (Wildman–Crippen MR) is 162 cm³/mol. The van der Waals surface area contributed by atoms with Gasteiger partial charge in [0.25, 0.3) is 11.4 Å². The quantitative estimate of drug-likeness (QED) is 0.167. The molecule has 41 heavy (non-hydrogen) atoms. The topological polar surface area (TPSA) is 34.2 Å². The van der Waals surface area contributed by atoms with Gasteiger partial charge in [-0.25, -0.2) is 0 Å². The van der Waals surface area contributed by atoms with Gasteiger partial charge in [-0.05, 0) is 59.9 Å². The molecule has 6 heterocycles. The van der Waals surface area contributed by atoms with Gasteiger partial charge in [0.2, 0.25) is 23.9 Å². The first-order valence-corrected chi connectivity index (χ1v) is 14.4. The maximum absolute atomic E-state index is 6.84. The second-order valence-electron chi connectivity index (χ2n) is 12.4. The Balaban J connectivity index is 1.53. The lowest BCUT2D eigenvalue weighted by Crippen LogP contribution is -2.73. The average Bonchev–Trinajstić information content (AvgIpc) is 3.58. The van der Waals surface area contributed by atoms with Gasteiger partial charge in [0.1, 0.15) is 16.5 Å². The first kappa shape index (κ1) is 23.1. The lowest BCUT2D eigenvalue weighted by atomic mass is 9.88. The van der Waals surface area contributed by atoms with Crippen molar-refractivity contribution >= 4 is 50.1 Å². The van der Waals surface area contributed by atoms with Crippen LogP contribution in [0.3, 0.4) is 0 Å². The highest BCUT2D eigenvalue weighted by Gasteiger charge is 2.70. The molecule has 6 nitrogen and oxygen atoms in total. The van der Waals surface area contributed by atoms with Crippen LogP contribution < -0.4 is 14.1 Å². The van der Waals surface area contributed by atoms with E-state index in [4.69, 9.17) is 9.15 Å². The number of quaternary nitrogens is 1. The third-order valence-electron chi connectivity index (χ3n) is 9.08. The Hall–Kier alpha value is -4.68. The fourth-order valence-electron chi connectivity index (χ4n) is 7.26. The van der Waals surface area contributed by atoms with E-state index in [0.717, 1.165) is 51.6 Å². The van der Waals surface area contributed by atoms with Gasteiger partial charge in [-0.1, -0.05) is 45.9 Å². The molecule has 0 saturated heterocycles. The zero-order valence-corrected chi connectivity index (χ0v) is 23.9. The summed E-state index contributed by atoms with van der Waals surface area (Å²) in [5.41, 5.74) is 9.95. The van der Waals surface area contributed by atoms with Gasteiger partial charge in [0.05, 0.1) is 27.0 Å². The molecule has 200 valence electrons. The molecular formula is C35H31N4O2+3. The average molecular weight is 540 g/mol. The van der Waals surface area contributed by atoms with Crippen molar-refractivity contribution in [3.63, 3.8) is 0 Å². The van der Waals surface area contributed by atoms with Crippen molar-refractivity contribution < 1.29 is 18.5 Å². The highest BCUT2D eigenvalue weighted by Crippen LogP contribution is 2.61. The van der Waals surface area contributed by atoms with Crippen LogP contribution in [-0.2, 0) is 5.41 Å². The van der Waals surface area contributed by atoms with Crippen molar-refractivity contribution in [3.8, 4) is 17.3 Å². The first-order chi connectivity index (χ1) is 19.9. The van der Waals surface area contributed by atoms with E-state index in [1.807, 2.05) is 0 Å². The van der Waals surface area contributed by atoms with Crippen molar-refractivity contribution in [2.45, 2.75) is 46.5 Å². The van der Waals surface area contributed by atoms with Crippen molar-refractivity contribution in [1.29, 1.82) is 0 Å². The molecule has 6 heteroatoms. The van der Waals surface area contributed by atoms with E-state index in [1.165, 1.54) is 33.3 Å². The molecule has 9 rings (SSSR count). The van der Waals surface area contributed by atoms with Crippen LogP contribution in [-0.4, -0.2) is 15.0 Å². The minimum absolute atomic E-state index is 0.0120. The zero-order valence-electron chi connectivity index (χ0n) is 23.9. The number of pyridine rings is 1. The molecule has 1 spiro atoms. The van der Waals surface area contributed by atoms with Gasteiger partial charge in [-0.2, -0.15) is 0 Å². The Morgan fingerprint density at radius 3 is 2.54 bits per heavy atom. The Labute approximate surface area is 237 Å². The predicted octanol–water partition coefficient (Wildman–Crippen LogP) is 8.31. The smallest absolute Gasteiger partial charge is 0.436 e. The summed E-state index contributed by atoms with van der Waals surface area (Å²) in [6, 6.07) is 23.7. The third-order valence-corrected chi connectivity index (χ3v) is 9.08. The van der Waals surface area contributed by atoms with Crippen LogP contribution in [0.2, 0.25) is 0 Å². The van der Waals surface area contributed by atoms with Crippen LogP contribution in [0, 0.1) is 0 Å². The summed E-state index contributed by atoms with van der Waals surface area (Å²) in [5.74, 6) is 1.69. The van der Waals surface area contributed by atoms with Crippen molar-refractivity contribution in [1.82, 2.24) is 9.27 Å². The van der Waals surface area contributed by atoms with Gasteiger partial charge in [0.15, 0.2) is 4.70 Å². The number of hydrogen-bond acceptors (Lipinski definition) is 2. The maximum Gasteiger partial charge on any atom is 0.436 e. The monoisotopic (exact) mass is 539 g/mol. The van der Waals surface area contributed by atoms with E-state index in [1.54, 1.807) is 0 Å². The molecule has 0 aliphatic carbocycles. The van der Waals surface area contributed by atoms with Crippen LogP contribution in [0.4, 0.5) is 11.4 Å². The Kier molecular flexibility index (Phi) is 4.13. The summed E-state index contributed by atoms with van der Waals surface area (Å²) >= 11 is 0. The van der Waals surface area contributed by atoms with Gasteiger partial charge in [-0.3, -0.25) is 4.57 Å². The molecule has 0 saturated carbocycles. The number of rotatable bonds is 3. The van der Waals surface area contributed by atoms with E-state index >= 15 is 0 Å². The lowest BCUT2D eigenvalue weighted by Gasteiger charge is -2.29. The first-order valence-electron chi connectivity index (χ1n) is 14.4. The molecule has 0 radical (unpaired) electrons. The lowest BCUT2D eigenvalue weighted by molar-refractivity contribution is -0.961. The number of hydrogen-bond donors (Lipinski definition) is 0. The molecular weight excluding hydrogens is 508 g/mol. The van der Waals surface area contributed by atoms with Crippen LogP contribution in [0.25, 0.3) is 38.7 Å². The van der Waals surface area contributed by atoms with E-state index in [0.29, 0.717) is 4.70 Å². The second kappa shape index (κ2) is 7.33. The molecule has 0 N–H and O–H groups in total. The number of allylic oxidation sites excluding steroid dienone is 1. The molecule has 3 aromatic carbocycles. The van der Waals surface area contributed by atoms with Crippen LogP contribution >= 0.6 is 0 Å². The van der Waals surface area contributed by atoms with E-state index in [2.05, 4.69) is 134 Å². The maximum atomic E-state index is 6.84. The third kappa shape index (κ3) is 2.54. The molecule has 0 amide bonds. The van der Waals surface area contributed by atoms with E-state index in [9.17, 15) is 0 Å². The normalized spacial score (nSPS) is 18.6. The molecule has 3 aromatic heterocycles. The summed E-state index contributed by atoms with van der Waals surface area (Å²) in [5, 5.41) is 3.51. The number of ether oxygens (including phenoxy) is 1. The summed E-state index contributed by atoms with van der Waals surface area (Å²) in [6.07, 6.45) is 7.64. The minimum atomic E-state index is -0.0120. The number of nitrogens with zero attached hydrogens (tertiary/aromatic N) is 4. The molecule has 1 atom stereocenters. The molecule has 1 unspecified atom stereocenters.